The lowest BCUT2D eigenvalue weighted by atomic mass is 9.95. The highest BCUT2D eigenvalue weighted by molar-refractivity contribution is 5.85. The number of halogens is 2. The average Bonchev–Trinajstić information content (AvgIpc) is 2.89. The van der Waals surface area contributed by atoms with Gasteiger partial charge in [0.2, 0.25) is 0 Å². The van der Waals surface area contributed by atoms with Crippen molar-refractivity contribution in [2.24, 2.45) is 0 Å². The minimum atomic E-state index is 0. The number of piperazine rings is 1. The van der Waals surface area contributed by atoms with E-state index < -0.39 is 0 Å². The average molecular weight is 321 g/mol. The quantitative estimate of drug-likeness (QED) is 0.929. The van der Waals surface area contributed by atoms with E-state index in [4.69, 9.17) is 0 Å². The summed E-state index contributed by atoms with van der Waals surface area (Å²) in [5.41, 5.74) is 1.41. The smallest absolute Gasteiger partial charge is 0.0951 e. The third-order valence-electron chi connectivity index (χ3n) is 4.31. The summed E-state index contributed by atoms with van der Waals surface area (Å²) in [6.45, 7) is 5.64. The molecule has 1 saturated heterocycles. The highest BCUT2D eigenvalue weighted by Crippen LogP contribution is 2.29. The number of hydrogen-bond acceptors (Lipinski definition) is 3. The van der Waals surface area contributed by atoms with Crippen LogP contribution in [0.3, 0.4) is 0 Å². The molecule has 0 unspecified atom stereocenters. The molecule has 0 radical (unpaired) electrons. The molecule has 1 aromatic heterocycles. The van der Waals surface area contributed by atoms with Gasteiger partial charge < -0.3 is 9.88 Å². The highest BCUT2D eigenvalue weighted by atomic mass is 35.5. The van der Waals surface area contributed by atoms with E-state index in [2.05, 4.69) is 26.0 Å². The maximum atomic E-state index is 4.38. The molecule has 0 bridgehead atoms. The van der Waals surface area contributed by atoms with Crippen molar-refractivity contribution < 1.29 is 0 Å². The molecule has 0 aromatic carbocycles. The summed E-state index contributed by atoms with van der Waals surface area (Å²) in [4.78, 5) is 6.92. The fourth-order valence-corrected chi connectivity index (χ4v) is 3.24. The predicted molar refractivity (Wildman–Crippen MR) is 87.0 cm³/mol. The number of nitrogens with zero attached hydrogens (tertiary/aromatic N) is 3. The summed E-state index contributed by atoms with van der Waals surface area (Å²) in [5, 5.41) is 3.41. The van der Waals surface area contributed by atoms with Crippen LogP contribution in [0.5, 0.6) is 0 Å². The maximum Gasteiger partial charge on any atom is 0.0951 e. The summed E-state index contributed by atoms with van der Waals surface area (Å²) >= 11 is 0. The van der Waals surface area contributed by atoms with Crippen molar-refractivity contribution in [1.82, 2.24) is 19.8 Å². The van der Waals surface area contributed by atoms with Gasteiger partial charge in [-0.25, -0.2) is 4.98 Å². The van der Waals surface area contributed by atoms with E-state index in [1.54, 1.807) is 0 Å². The molecule has 6 heteroatoms. The first-order valence-corrected chi connectivity index (χ1v) is 7.37. The molecule has 1 saturated carbocycles. The summed E-state index contributed by atoms with van der Waals surface area (Å²) in [6, 6.07) is 0.708. The molecule has 2 fully saturated rings. The fourth-order valence-electron chi connectivity index (χ4n) is 3.24. The Balaban J connectivity index is 0.000001000. The standard InChI is InChI=1S/C14H24N4.2ClH/c1-2-4-13(5-3-1)18-12-16-10-14(18)11-17-8-6-15-7-9-17;;/h10,12-13,15H,1-9,11H2;2*1H. The maximum absolute atomic E-state index is 4.38. The summed E-state index contributed by atoms with van der Waals surface area (Å²) in [7, 11) is 0. The molecule has 0 amide bonds. The summed E-state index contributed by atoms with van der Waals surface area (Å²) < 4.78 is 2.45. The van der Waals surface area contributed by atoms with Crippen LogP contribution in [0.1, 0.15) is 43.8 Å². The second-order valence-corrected chi connectivity index (χ2v) is 5.61. The third-order valence-corrected chi connectivity index (χ3v) is 4.31. The van der Waals surface area contributed by atoms with E-state index in [1.807, 2.05) is 6.33 Å². The van der Waals surface area contributed by atoms with E-state index >= 15 is 0 Å². The number of imidazole rings is 1. The molecule has 4 nitrogen and oxygen atoms in total. The number of rotatable bonds is 3. The van der Waals surface area contributed by atoms with E-state index in [0.717, 1.165) is 32.7 Å². The zero-order chi connectivity index (χ0) is 12.2. The van der Waals surface area contributed by atoms with Crippen molar-refractivity contribution in [2.75, 3.05) is 26.2 Å². The van der Waals surface area contributed by atoms with Crippen molar-refractivity contribution in [3.05, 3.63) is 18.2 Å². The Morgan fingerprint density at radius 3 is 2.50 bits per heavy atom. The molecule has 116 valence electrons. The second kappa shape index (κ2) is 8.88. The molecule has 2 aliphatic rings. The Morgan fingerprint density at radius 2 is 1.80 bits per heavy atom. The lowest BCUT2D eigenvalue weighted by molar-refractivity contribution is 0.223. The Labute approximate surface area is 134 Å². The summed E-state index contributed by atoms with van der Waals surface area (Å²) in [6.07, 6.45) is 11.0. The van der Waals surface area contributed by atoms with Crippen LogP contribution in [0.25, 0.3) is 0 Å². The molecule has 1 aliphatic carbocycles. The van der Waals surface area contributed by atoms with Crippen LogP contribution in [0, 0.1) is 0 Å². The van der Waals surface area contributed by atoms with Crippen molar-refractivity contribution >= 4 is 24.8 Å². The lowest BCUT2D eigenvalue weighted by Gasteiger charge is -2.29. The minimum absolute atomic E-state index is 0. The first kappa shape index (κ1) is 17.8. The zero-order valence-electron chi connectivity index (χ0n) is 12.0. The van der Waals surface area contributed by atoms with Gasteiger partial charge in [-0.1, -0.05) is 19.3 Å². The normalized spacial score (nSPS) is 21.0. The number of nitrogens with one attached hydrogen (secondary N) is 1. The first-order chi connectivity index (χ1) is 8.93. The van der Waals surface area contributed by atoms with Gasteiger partial charge in [-0.3, -0.25) is 4.90 Å². The molecule has 0 spiro atoms. The largest absolute Gasteiger partial charge is 0.330 e. The van der Waals surface area contributed by atoms with Gasteiger partial charge in [0.1, 0.15) is 0 Å². The van der Waals surface area contributed by atoms with Crippen molar-refractivity contribution in [1.29, 1.82) is 0 Å². The molecule has 20 heavy (non-hydrogen) atoms. The van der Waals surface area contributed by atoms with Crippen molar-refractivity contribution in [2.45, 2.75) is 44.7 Å². The molecule has 1 N–H and O–H groups in total. The second-order valence-electron chi connectivity index (χ2n) is 5.61. The van der Waals surface area contributed by atoms with Crippen LogP contribution in [0.15, 0.2) is 12.5 Å². The molecule has 1 aliphatic heterocycles. The SMILES string of the molecule is Cl.Cl.c1ncn(C2CCCCC2)c1CN1CCNCC1. The van der Waals surface area contributed by atoms with Crippen molar-refractivity contribution in [3.8, 4) is 0 Å². The van der Waals surface area contributed by atoms with E-state index in [-0.39, 0.29) is 24.8 Å². The van der Waals surface area contributed by atoms with Crippen molar-refractivity contribution in [3.63, 3.8) is 0 Å². The predicted octanol–water partition coefficient (Wildman–Crippen LogP) is 2.64. The van der Waals surface area contributed by atoms with Crippen LogP contribution in [-0.4, -0.2) is 40.6 Å². The Morgan fingerprint density at radius 1 is 1.10 bits per heavy atom. The minimum Gasteiger partial charge on any atom is -0.330 e. The first-order valence-electron chi connectivity index (χ1n) is 7.37. The van der Waals surface area contributed by atoms with Gasteiger partial charge in [0.05, 0.1) is 12.0 Å². The van der Waals surface area contributed by atoms with Gasteiger partial charge in [0, 0.05) is 45.0 Å². The molecule has 2 heterocycles. The fraction of sp³-hybridized carbons (Fsp3) is 0.786. The van der Waals surface area contributed by atoms with Gasteiger partial charge in [0.25, 0.3) is 0 Å². The van der Waals surface area contributed by atoms with Crippen LogP contribution in [0.4, 0.5) is 0 Å². The van der Waals surface area contributed by atoms with Crippen LogP contribution < -0.4 is 5.32 Å². The van der Waals surface area contributed by atoms with Gasteiger partial charge in [-0.15, -0.1) is 24.8 Å². The van der Waals surface area contributed by atoms with Gasteiger partial charge in [-0.2, -0.15) is 0 Å². The molecule has 3 rings (SSSR count). The highest BCUT2D eigenvalue weighted by Gasteiger charge is 2.19. The lowest BCUT2D eigenvalue weighted by Crippen LogP contribution is -2.43. The third kappa shape index (κ3) is 4.35. The molecule has 0 atom stereocenters. The number of hydrogen-bond donors (Lipinski definition) is 1. The van der Waals surface area contributed by atoms with E-state index in [0.29, 0.717) is 6.04 Å². The molecular formula is C14H26Cl2N4. The van der Waals surface area contributed by atoms with Gasteiger partial charge >= 0.3 is 0 Å². The van der Waals surface area contributed by atoms with E-state index in [1.165, 1.54) is 37.8 Å². The topological polar surface area (TPSA) is 33.1 Å². The monoisotopic (exact) mass is 320 g/mol. The Hall–Kier alpha value is -0.290. The molecule has 1 aromatic rings. The van der Waals surface area contributed by atoms with Gasteiger partial charge in [-0.05, 0) is 12.8 Å². The van der Waals surface area contributed by atoms with Gasteiger partial charge in [0.15, 0.2) is 0 Å². The number of aromatic nitrogens is 2. The Kier molecular flexibility index (Phi) is 7.88. The van der Waals surface area contributed by atoms with Crippen LogP contribution in [0.2, 0.25) is 0 Å². The Bertz CT molecular complexity index is 371. The van der Waals surface area contributed by atoms with Crippen LogP contribution >= 0.6 is 24.8 Å². The summed E-state index contributed by atoms with van der Waals surface area (Å²) in [5.74, 6) is 0. The zero-order valence-corrected chi connectivity index (χ0v) is 13.6. The molecular weight excluding hydrogens is 295 g/mol. The van der Waals surface area contributed by atoms with E-state index in [9.17, 15) is 0 Å². The van der Waals surface area contributed by atoms with Crippen LogP contribution in [-0.2, 0) is 6.54 Å².